The van der Waals surface area contributed by atoms with Crippen molar-refractivity contribution in [2.75, 3.05) is 0 Å². The van der Waals surface area contributed by atoms with Crippen LogP contribution in [0.2, 0.25) is 0 Å². The molecule has 0 aliphatic rings. The molecule has 0 bridgehead atoms. The Bertz CT molecular complexity index is 747. The molecular formula is C12H8N2O2. The van der Waals surface area contributed by atoms with Crippen molar-refractivity contribution in [3.05, 3.63) is 58.2 Å². The van der Waals surface area contributed by atoms with Crippen LogP contribution in [-0.4, -0.2) is 4.98 Å². The van der Waals surface area contributed by atoms with Gasteiger partial charge < -0.3 is 10.2 Å². The molecule has 16 heavy (non-hydrogen) atoms. The van der Waals surface area contributed by atoms with Crippen LogP contribution in [0.5, 0.6) is 0 Å². The summed E-state index contributed by atoms with van der Waals surface area (Å²) in [6.45, 7) is 0. The normalized spacial score (nSPS) is 11.0. The van der Waals surface area contributed by atoms with Gasteiger partial charge in [-0.2, -0.15) is 4.73 Å². The van der Waals surface area contributed by atoms with Crippen molar-refractivity contribution < 1.29 is 4.73 Å². The van der Waals surface area contributed by atoms with Gasteiger partial charge in [0.25, 0.3) is 0 Å². The molecule has 2 aromatic heterocycles. The first-order chi connectivity index (χ1) is 7.75. The number of nitrogens with zero attached hydrogens (tertiary/aromatic N) is 1. The van der Waals surface area contributed by atoms with Gasteiger partial charge in [0, 0.05) is 22.9 Å². The third-order valence-electron chi connectivity index (χ3n) is 2.62. The van der Waals surface area contributed by atoms with Crippen LogP contribution in [0, 0.1) is 5.21 Å². The minimum absolute atomic E-state index is 0.205. The lowest BCUT2D eigenvalue weighted by Crippen LogP contribution is -2.26. The van der Waals surface area contributed by atoms with Crippen LogP contribution in [0.15, 0.2) is 47.4 Å². The molecule has 0 radical (unpaired) electrons. The molecular weight excluding hydrogens is 204 g/mol. The average molecular weight is 212 g/mol. The molecule has 0 amide bonds. The van der Waals surface area contributed by atoms with Crippen molar-refractivity contribution in [2.45, 2.75) is 0 Å². The minimum atomic E-state index is -0.205. The van der Waals surface area contributed by atoms with Crippen LogP contribution in [0.4, 0.5) is 0 Å². The van der Waals surface area contributed by atoms with Crippen LogP contribution in [0.1, 0.15) is 0 Å². The van der Waals surface area contributed by atoms with E-state index in [0.717, 1.165) is 15.5 Å². The van der Waals surface area contributed by atoms with E-state index in [-0.39, 0.29) is 5.56 Å². The number of aromatic amines is 1. The molecule has 2 heterocycles. The van der Waals surface area contributed by atoms with E-state index in [9.17, 15) is 10.0 Å². The first kappa shape index (κ1) is 8.91. The monoisotopic (exact) mass is 212 g/mol. The maximum atomic E-state index is 11.7. The lowest BCUT2D eigenvalue weighted by atomic mass is 10.1. The van der Waals surface area contributed by atoms with Crippen LogP contribution in [-0.2, 0) is 0 Å². The fraction of sp³-hybridized carbons (Fsp3) is 0. The van der Waals surface area contributed by atoms with Crippen LogP contribution < -0.4 is 10.3 Å². The molecule has 0 atom stereocenters. The number of fused-ring (bicyclic) bond motifs is 3. The summed E-state index contributed by atoms with van der Waals surface area (Å²) in [4.78, 5) is 14.0. The highest BCUT2D eigenvalue weighted by Gasteiger charge is 2.08. The van der Waals surface area contributed by atoms with Crippen molar-refractivity contribution in [2.24, 2.45) is 0 Å². The summed E-state index contributed by atoms with van der Waals surface area (Å²) in [5.41, 5.74) is 0.877. The summed E-state index contributed by atoms with van der Waals surface area (Å²) >= 11 is 0. The Morgan fingerprint density at radius 1 is 1.06 bits per heavy atom. The number of nitrogens with one attached hydrogen (secondary N) is 1. The molecule has 0 spiro atoms. The molecule has 4 heteroatoms. The van der Waals surface area contributed by atoms with E-state index in [4.69, 9.17) is 0 Å². The summed E-state index contributed by atoms with van der Waals surface area (Å²) in [6, 6.07) is 10.4. The minimum Gasteiger partial charge on any atom is -0.618 e. The molecule has 0 fully saturated rings. The van der Waals surface area contributed by atoms with Crippen molar-refractivity contribution in [1.29, 1.82) is 0 Å². The Labute approximate surface area is 90.4 Å². The maximum Gasteiger partial charge on any atom is 0.248 e. The summed E-state index contributed by atoms with van der Waals surface area (Å²) in [6.07, 6.45) is 1.42. The van der Waals surface area contributed by atoms with Gasteiger partial charge in [-0.05, 0) is 18.2 Å². The molecule has 0 aliphatic carbocycles. The van der Waals surface area contributed by atoms with E-state index in [1.807, 2.05) is 18.2 Å². The van der Waals surface area contributed by atoms with Crippen molar-refractivity contribution >= 4 is 21.8 Å². The molecule has 3 rings (SSSR count). The lowest BCUT2D eigenvalue weighted by Gasteiger charge is -2.03. The zero-order valence-electron chi connectivity index (χ0n) is 8.31. The van der Waals surface area contributed by atoms with Gasteiger partial charge >= 0.3 is 0 Å². The standard InChI is InChI=1S/C12H8N2O2/c15-10-6-5-8-3-4-9-2-1-7-14(16)12(9)11(8)13-10/h1-7H,(H,13,15). The SMILES string of the molecule is O=c1ccc2ccc3ccc[n+]([O-])c3c2[nH]1. The van der Waals surface area contributed by atoms with Gasteiger partial charge in [-0.1, -0.05) is 6.07 Å². The number of aromatic nitrogens is 2. The second kappa shape index (κ2) is 3.06. The van der Waals surface area contributed by atoms with E-state index in [0.29, 0.717) is 11.0 Å². The number of hydrogen-bond acceptors (Lipinski definition) is 2. The molecule has 78 valence electrons. The first-order valence-electron chi connectivity index (χ1n) is 4.90. The first-order valence-corrected chi connectivity index (χ1v) is 4.90. The van der Waals surface area contributed by atoms with Gasteiger partial charge in [0.05, 0.1) is 0 Å². The molecule has 3 aromatic rings. The van der Waals surface area contributed by atoms with Gasteiger partial charge in [-0.15, -0.1) is 0 Å². The Morgan fingerprint density at radius 2 is 1.81 bits per heavy atom. The summed E-state index contributed by atoms with van der Waals surface area (Å²) in [7, 11) is 0. The molecule has 4 nitrogen and oxygen atoms in total. The van der Waals surface area contributed by atoms with E-state index in [1.54, 1.807) is 12.1 Å². The molecule has 0 saturated heterocycles. The topological polar surface area (TPSA) is 59.8 Å². The molecule has 0 aliphatic heterocycles. The second-order valence-corrected chi connectivity index (χ2v) is 3.62. The van der Waals surface area contributed by atoms with Gasteiger partial charge in [-0.25, -0.2) is 0 Å². The fourth-order valence-electron chi connectivity index (χ4n) is 1.89. The zero-order chi connectivity index (χ0) is 11.1. The fourth-order valence-corrected chi connectivity index (χ4v) is 1.89. The van der Waals surface area contributed by atoms with Crippen molar-refractivity contribution in [1.82, 2.24) is 4.98 Å². The molecule has 0 saturated carbocycles. The Morgan fingerprint density at radius 3 is 2.69 bits per heavy atom. The Hall–Kier alpha value is -2.36. The van der Waals surface area contributed by atoms with Crippen molar-refractivity contribution in [3.63, 3.8) is 0 Å². The van der Waals surface area contributed by atoms with Crippen molar-refractivity contribution in [3.8, 4) is 0 Å². The van der Waals surface area contributed by atoms with Gasteiger partial charge in [-0.3, -0.25) is 4.79 Å². The van der Waals surface area contributed by atoms with E-state index in [1.165, 1.54) is 12.3 Å². The van der Waals surface area contributed by atoms with Crippen LogP contribution >= 0.6 is 0 Å². The predicted octanol–water partition coefficient (Wildman–Crippen LogP) is 1.31. The number of benzene rings is 1. The second-order valence-electron chi connectivity index (χ2n) is 3.62. The smallest absolute Gasteiger partial charge is 0.248 e. The van der Waals surface area contributed by atoms with Crippen LogP contribution in [0.3, 0.4) is 0 Å². The number of rotatable bonds is 0. The summed E-state index contributed by atoms with van der Waals surface area (Å²) in [5, 5.41) is 13.4. The van der Waals surface area contributed by atoms with Gasteiger partial charge in [0.2, 0.25) is 11.1 Å². The number of hydrogen-bond donors (Lipinski definition) is 1. The largest absolute Gasteiger partial charge is 0.618 e. The highest BCUT2D eigenvalue weighted by Crippen LogP contribution is 2.18. The third kappa shape index (κ3) is 1.16. The summed E-state index contributed by atoms with van der Waals surface area (Å²) in [5.74, 6) is 0. The van der Waals surface area contributed by atoms with E-state index >= 15 is 0 Å². The maximum absolute atomic E-state index is 11.7. The van der Waals surface area contributed by atoms with Gasteiger partial charge in [0.1, 0.15) is 5.52 Å². The molecule has 0 unspecified atom stereocenters. The predicted molar refractivity (Wildman–Crippen MR) is 61.0 cm³/mol. The molecule has 1 aromatic carbocycles. The molecule has 1 N–H and O–H groups in total. The van der Waals surface area contributed by atoms with Crippen LogP contribution in [0.25, 0.3) is 21.8 Å². The van der Waals surface area contributed by atoms with Gasteiger partial charge in [0.15, 0.2) is 6.20 Å². The highest BCUT2D eigenvalue weighted by molar-refractivity contribution is 6.00. The third-order valence-corrected chi connectivity index (χ3v) is 2.62. The zero-order valence-corrected chi connectivity index (χ0v) is 8.31. The highest BCUT2D eigenvalue weighted by atomic mass is 16.5. The van der Waals surface area contributed by atoms with E-state index in [2.05, 4.69) is 4.98 Å². The number of H-pyrrole nitrogens is 1. The quantitative estimate of drug-likeness (QED) is 0.347. The summed E-state index contributed by atoms with van der Waals surface area (Å²) < 4.78 is 0.771. The lowest BCUT2D eigenvalue weighted by molar-refractivity contribution is -0.576. The Kier molecular flexibility index (Phi) is 1.71. The number of pyridine rings is 2. The Balaban J connectivity index is 2.66. The van der Waals surface area contributed by atoms with E-state index < -0.39 is 0 Å². The average Bonchev–Trinajstić information content (AvgIpc) is 2.28.